The predicted molar refractivity (Wildman–Crippen MR) is 126 cm³/mol. The summed E-state index contributed by atoms with van der Waals surface area (Å²) in [4.78, 5) is 12.9. The normalized spacial score (nSPS) is 22.3. The van der Waals surface area contributed by atoms with Gasteiger partial charge in [0.15, 0.2) is 6.29 Å². The van der Waals surface area contributed by atoms with E-state index in [0.717, 1.165) is 43.2 Å². The summed E-state index contributed by atoms with van der Waals surface area (Å²) in [5, 5.41) is 16.6. The molecule has 1 aliphatic carbocycles. The first-order valence-electron chi connectivity index (χ1n) is 11.9. The molecule has 1 saturated carbocycles. The fourth-order valence-electron chi connectivity index (χ4n) is 5.18. The zero-order valence-electron chi connectivity index (χ0n) is 19.2. The van der Waals surface area contributed by atoms with Crippen LogP contribution in [0.25, 0.3) is 0 Å². The van der Waals surface area contributed by atoms with Crippen LogP contribution in [0.15, 0.2) is 60.7 Å². The molecule has 0 radical (unpaired) electrons. The van der Waals surface area contributed by atoms with Crippen molar-refractivity contribution in [3.05, 3.63) is 71.8 Å². The minimum atomic E-state index is -0.987. The zero-order chi connectivity index (χ0) is 23.1. The third-order valence-corrected chi connectivity index (χ3v) is 7.03. The number of ether oxygens (including phenoxy) is 2. The van der Waals surface area contributed by atoms with E-state index in [1.807, 2.05) is 67.6 Å². The van der Waals surface area contributed by atoms with Crippen molar-refractivity contribution in [1.82, 2.24) is 10.6 Å². The van der Waals surface area contributed by atoms with Crippen molar-refractivity contribution in [2.45, 2.75) is 62.8 Å². The Morgan fingerprint density at radius 3 is 2.06 bits per heavy atom. The Labute approximate surface area is 196 Å². The molecule has 0 aromatic heterocycles. The van der Waals surface area contributed by atoms with Gasteiger partial charge in [0.25, 0.3) is 0 Å². The fraction of sp³-hybridized carbons (Fsp3) is 0.481. The highest BCUT2D eigenvalue weighted by Crippen LogP contribution is 2.35. The highest BCUT2D eigenvalue weighted by molar-refractivity contribution is 5.75. The molecule has 0 unspecified atom stereocenters. The van der Waals surface area contributed by atoms with Crippen LogP contribution in [-0.2, 0) is 14.9 Å². The lowest BCUT2D eigenvalue weighted by Gasteiger charge is -2.35. The average molecular weight is 448 g/mol. The summed E-state index contributed by atoms with van der Waals surface area (Å²) in [5.74, 6) is 0.579. The maximum absolute atomic E-state index is 12.9. The average Bonchev–Trinajstić information content (AvgIpc) is 3.36. The van der Waals surface area contributed by atoms with E-state index < -0.39 is 11.5 Å². The van der Waals surface area contributed by atoms with E-state index in [1.165, 1.54) is 0 Å². The molecule has 1 atom stereocenters. The maximum Gasteiger partial charge on any atom is 0.315 e. The molecular weight excluding hydrogens is 414 g/mol. The first-order chi connectivity index (χ1) is 16.1. The number of carbonyl (C=O) groups excluding carboxylic acids is 1. The molecule has 1 saturated heterocycles. The second-order valence-corrected chi connectivity index (χ2v) is 9.12. The van der Waals surface area contributed by atoms with Crippen LogP contribution in [0, 0.1) is 17.2 Å². The van der Waals surface area contributed by atoms with Crippen LogP contribution < -0.4 is 10.6 Å². The van der Waals surface area contributed by atoms with Crippen LogP contribution >= 0.6 is 0 Å². The first kappa shape index (κ1) is 23.3. The number of hydrogen-bond acceptors (Lipinski definition) is 4. The molecule has 0 bridgehead atoms. The number of urea groups is 1. The summed E-state index contributed by atoms with van der Waals surface area (Å²) in [6.07, 6.45) is 4.88. The number of carbonyl (C=O) groups is 1. The van der Waals surface area contributed by atoms with Crippen LogP contribution in [0.3, 0.4) is 0 Å². The molecule has 2 aromatic rings. The highest BCUT2D eigenvalue weighted by Gasteiger charge is 2.41. The van der Waals surface area contributed by atoms with E-state index in [4.69, 9.17) is 9.47 Å². The SMILES string of the molecule is C[C@H](NC(=O)NC1CCC(CC2OCCO2)CC1)C(C#N)(c1ccccc1)c1ccccc1. The van der Waals surface area contributed by atoms with E-state index >= 15 is 0 Å². The molecule has 2 N–H and O–H groups in total. The molecule has 2 fully saturated rings. The van der Waals surface area contributed by atoms with Crippen LogP contribution in [0.2, 0.25) is 0 Å². The number of nitrogens with one attached hydrogen (secondary N) is 2. The molecule has 0 spiro atoms. The third-order valence-electron chi connectivity index (χ3n) is 7.03. The molecule has 1 heterocycles. The minimum absolute atomic E-state index is 0.0567. The number of nitrogens with zero attached hydrogens (tertiary/aromatic N) is 1. The van der Waals surface area contributed by atoms with Crippen LogP contribution in [0.4, 0.5) is 4.79 Å². The Morgan fingerprint density at radius 1 is 1.00 bits per heavy atom. The van der Waals surface area contributed by atoms with Crippen molar-refractivity contribution >= 4 is 6.03 Å². The van der Waals surface area contributed by atoms with Gasteiger partial charge in [0.05, 0.1) is 25.3 Å². The summed E-state index contributed by atoms with van der Waals surface area (Å²) in [5.41, 5.74) is 0.741. The van der Waals surface area contributed by atoms with E-state index in [9.17, 15) is 10.1 Å². The summed E-state index contributed by atoms with van der Waals surface area (Å²) < 4.78 is 11.2. The van der Waals surface area contributed by atoms with Gasteiger partial charge in [0.1, 0.15) is 5.41 Å². The van der Waals surface area contributed by atoms with Gasteiger partial charge in [-0.05, 0) is 49.7 Å². The van der Waals surface area contributed by atoms with Gasteiger partial charge in [0, 0.05) is 12.5 Å². The predicted octanol–water partition coefficient (Wildman–Crippen LogP) is 4.51. The van der Waals surface area contributed by atoms with Crippen molar-refractivity contribution in [3.63, 3.8) is 0 Å². The molecule has 2 aliphatic rings. The molecule has 4 rings (SSSR count). The van der Waals surface area contributed by atoms with Gasteiger partial charge in [-0.1, -0.05) is 60.7 Å². The zero-order valence-corrected chi connectivity index (χ0v) is 19.2. The highest BCUT2D eigenvalue weighted by atomic mass is 16.7. The third kappa shape index (κ3) is 5.38. The Kier molecular flexibility index (Phi) is 7.64. The molecule has 1 aliphatic heterocycles. The summed E-state index contributed by atoms with van der Waals surface area (Å²) in [6.45, 7) is 3.29. The molecule has 174 valence electrons. The van der Waals surface area contributed by atoms with E-state index in [-0.39, 0.29) is 18.4 Å². The largest absolute Gasteiger partial charge is 0.350 e. The number of benzene rings is 2. The molecule has 2 aromatic carbocycles. The molecule has 33 heavy (non-hydrogen) atoms. The Morgan fingerprint density at radius 2 is 1.55 bits per heavy atom. The second-order valence-electron chi connectivity index (χ2n) is 9.12. The van der Waals surface area contributed by atoms with Crippen molar-refractivity contribution in [2.24, 2.45) is 5.92 Å². The summed E-state index contributed by atoms with van der Waals surface area (Å²) in [7, 11) is 0. The van der Waals surface area contributed by atoms with Crippen molar-refractivity contribution in [3.8, 4) is 6.07 Å². The second kappa shape index (κ2) is 10.8. The lowest BCUT2D eigenvalue weighted by Crippen LogP contribution is -2.53. The fourth-order valence-corrected chi connectivity index (χ4v) is 5.18. The Hall–Kier alpha value is -2.88. The van der Waals surface area contributed by atoms with Gasteiger partial charge in [-0.3, -0.25) is 0 Å². The lowest BCUT2D eigenvalue weighted by molar-refractivity contribution is -0.0601. The number of rotatable bonds is 7. The first-order valence-corrected chi connectivity index (χ1v) is 11.9. The van der Waals surface area contributed by atoms with E-state index in [0.29, 0.717) is 19.1 Å². The number of nitriles is 1. The lowest BCUT2D eigenvalue weighted by atomic mass is 9.70. The topological polar surface area (TPSA) is 83.4 Å². The number of hydrogen-bond donors (Lipinski definition) is 2. The van der Waals surface area contributed by atoms with Crippen molar-refractivity contribution < 1.29 is 14.3 Å². The Bertz CT molecular complexity index is 891. The van der Waals surface area contributed by atoms with Crippen molar-refractivity contribution in [1.29, 1.82) is 5.26 Å². The van der Waals surface area contributed by atoms with Crippen LogP contribution in [0.5, 0.6) is 0 Å². The minimum Gasteiger partial charge on any atom is -0.350 e. The van der Waals surface area contributed by atoms with E-state index in [1.54, 1.807) is 0 Å². The smallest absolute Gasteiger partial charge is 0.315 e. The molecule has 2 amide bonds. The van der Waals surface area contributed by atoms with Gasteiger partial charge >= 0.3 is 6.03 Å². The molecule has 6 nitrogen and oxygen atoms in total. The van der Waals surface area contributed by atoms with E-state index in [2.05, 4.69) is 16.7 Å². The number of amides is 2. The standard InChI is InChI=1S/C27H33N3O3/c1-20(27(19-28,22-8-4-2-5-9-22)23-10-6-3-7-11-23)29-26(31)30-24-14-12-21(13-15-24)18-25-32-16-17-33-25/h2-11,20-21,24-25H,12-18H2,1H3,(H2,29,30,31)/t20-,21?,24?/m0/s1. The van der Waals surface area contributed by atoms with Gasteiger partial charge in [-0.2, -0.15) is 5.26 Å². The summed E-state index contributed by atoms with van der Waals surface area (Å²) in [6, 6.07) is 21.4. The van der Waals surface area contributed by atoms with Gasteiger partial charge in [0.2, 0.25) is 0 Å². The van der Waals surface area contributed by atoms with Crippen LogP contribution in [0.1, 0.15) is 50.2 Å². The quantitative estimate of drug-likeness (QED) is 0.654. The molecular formula is C27H33N3O3. The molecule has 6 heteroatoms. The monoisotopic (exact) mass is 447 g/mol. The Balaban J connectivity index is 1.39. The van der Waals surface area contributed by atoms with Crippen molar-refractivity contribution in [2.75, 3.05) is 13.2 Å². The van der Waals surface area contributed by atoms with Gasteiger partial charge in [-0.25, -0.2) is 4.79 Å². The summed E-state index contributed by atoms with van der Waals surface area (Å²) >= 11 is 0. The van der Waals surface area contributed by atoms with Gasteiger partial charge in [-0.15, -0.1) is 0 Å². The maximum atomic E-state index is 12.9. The van der Waals surface area contributed by atoms with Crippen LogP contribution in [-0.4, -0.2) is 37.6 Å². The van der Waals surface area contributed by atoms with Gasteiger partial charge < -0.3 is 20.1 Å².